The molecule has 0 aromatic heterocycles. The van der Waals surface area contributed by atoms with Crippen molar-refractivity contribution < 1.29 is 42.7 Å². The van der Waals surface area contributed by atoms with Crippen molar-refractivity contribution in [1.29, 1.82) is 0 Å². The summed E-state index contributed by atoms with van der Waals surface area (Å²) in [5.74, 6) is -0.581. The Kier molecular flexibility index (Phi) is 10.9. The molecule has 0 atom stereocenters. The Morgan fingerprint density at radius 1 is 0.581 bits per heavy atom. The zero-order valence-electron chi connectivity index (χ0n) is 23.8. The molecule has 0 bridgehead atoms. The maximum absolute atomic E-state index is 13.8. The maximum atomic E-state index is 13.8. The molecule has 0 heterocycles. The van der Waals surface area contributed by atoms with Crippen molar-refractivity contribution in [3.05, 3.63) is 104 Å². The Morgan fingerprint density at radius 3 is 1.60 bits per heavy atom. The van der Waals surface area contributed by atoms with E-state index < -0.39 is 11.9 Å². The van der Waals surface area contributed by atoms with Crippen molar-refractivity contribution in [1.82, 2.24) is 0 Å². The van der Waals surface area contributed by atoms with Gasteiger partial charge in [-0.25, -0.2) is 9.59 Å². The topological polar surface area (TPSA) is 98.8 Å². The molecule has 0 saturated carbocycles. The molecule has 0 fully saturated rings. The number of benzene rings is 4. The molecular formula is C32H28Br2O9. The van der Waals surface area contributed by atoms with Gasteiger partial charge in [0.15, 0.2) is 23.0 Å². The lowest BCUT2D eigenvalue weighted by molar-refractivity contribution is 0.0595. The predicted octanol–water partition coefficient (Wildman–Crippen LogP) is 7.40. The highest BCUT2D eigenvalue weighted by atomic mass is 79.9. The van der Waals surface area contributed by atoms with E-state index >= 15 is 0 Å². The first-order valence-corrected chi connectivity index (χ1v) is 14.4. The second-order valence-corrected chi connectivity index (χ2v) is 10.4. The third kappa shape index (κ3) is 7.23. The summed E-state index contributed by atoms with van der Waals surface area (Å²) >= 11 is 6.87. The molecule has 4 aromatic rings. The largest absolute Gasteiger partial charge is 0.493 e. The number of carbonyl (C=O) groups is 2. The number of esters is 2. The fourth-order valence-corrected chi connectivity index (χ4v) is 5.18. The van der Waals surface area contributed by atoms with Gasteiger partial charge in [0.1, 0.15) is 13.2 Å². The molecule has 43 heavy (non-hydrogen) atoms. The molecule has 0 radical (unpaired) electrons. The average molecular weight is 716 g/mol. The molecule has 0 spiro atoms. The predicted molar refractivity (Wildman–Crippen MR) is 166 cm³/mol. The highest BCUT2D eigenvalue weighted by Crippen LogP contribution is 2.48. The van der Waals surface area contributed by atoms with Crippen LogP contribution in [0.25, 0.3) is 0 Å². The van der Waals surface area contributed by atoms with Crippen LogP contribution in [0, 0.1) is 0 Å². The van der Waals surface area contributed by atoms with E-state index in [1.807, 2.05) is 60.7 Å². The van der Waals surface area contributed by atoms with Crippen molar-refractivity contribution >= 4 is 43.8 Å². The molecule has 4 rings (SSSR count). The maximum Gasteiger partial charge on any atom is 0.345 e. The first-order valence-electron chi connectivity index (χ1n) is 12.8. The van der Waals surface area contributed by atoms with Gasteiger partial charge in [0.25, 0.3) is 0 Å². The lowest BCUT2D eigenvalue weighted by Crippen LogP contribution is -2.14. The van der Waals surface area contributed by atoms with E-state index in [9.17, 15) is 9.59 Å². The van der Waals surface area contributed by atoms with Gasteiger partial charge in [-0.15, -0.1) is 0 Å². The summed E-state index contributed by atoms with van der Waals surface area (Å²) in [5.41, 5.74) is 1.93. The monoisotopic (exact) mass is 714 g/mol. The van der Waals surface area contributed by atoms with Crippen LogP contribution in [-0.2, 0) is 18.0 Å². The van der Waals surface area contributed by atoms with Gasteiger partial charge in [-0.05, 0) is 55.1 Å². The lowest BCUT2D eigenvalue weighted by atomic mass is 10.1. The van der Waals surface area contributed by atoms with Gasteiger partial charge >= 0.3 is 11.9 Å². The number of carbonyl (C=O) groups excluding carboxylic acids is 2. The van der Waals surface area contributed by atoms with Crippen molar-refractivity contribution in [2.45, 2.75) is 13.2 Å². The van der Waals surface area contributed by atoms with E-state index in [2.05, 4.69) is 31.9 Å². The number of hydrogen-bond donors (Lipinski definition) is 0. The van der Waals surface area contributed by atoms with Crippen LogP contribution in [-0.4, -0.2) is 40.4 Å². The molecule has 0 saturated heterocycles. The van der Waals surface area contributed by atoms with Crippen LogP contribution < -0.4 is 28.4 Å². The van der Waals surface area contributed by atoms with Crippen molar-refractivity contribution in [3.8, 4) is 34.5 Å². The summed E-state index contributed by atoms with van der Waals surface area (Å²) in [7, 11) is 5.50. The fourth-order valence-electron chi connectivity index (χ4n) is 4.07. The third-order valence-electron chi connectivity index (χ3n) is 6.19. The van der Waals surface area contributed by atoms with E-state index in [0.29, 0.717) is 0 Å². The SMILES string of the molecule is COC(=O)c1cc(OC)c(OC)c(OC(=O)c2cc(OCc3ccccc3)c(OC)c(OCc3ccccc3)c2Br)c1Br. The summed E-state index contributed by atoms with van der Waals surface area (Å²) in [5, 5.41) is 0. The van der Waals surface area contributed by atoms with Crippen LogP contribution in [0.3, 0.4) is 0 Å². The van der Waals surface area contributed by atoms with Gasteiger partial charge in [0, 0.05) is 0 Å². The molecule has 4 aromatic carbocycles. The zero-order chi connectivity index (χ0) is 30.9. The summed E-state index contributed by atoms with van der Waals surface area (Å²) in [6, 6.07) is 22.0. The number of methoxy groups -OCH3 is 4. The molecule has 224 valence electrons. The smallest absolute Gasteiger partial charge is 0.345 e. The molecule has 0 unspecified atom stereocenters. The Balaban J connectivity index is 1.79. The van der Waals surface area contributed by atoms with Crippen LogP contribution in [0.5, 0.6) is 34.5 Å². The molecule has 0 amide bonds. The third-order valence-corrected chi connectivity index (χ3v) is 7.77. The van der Waals surface area contributed by atoms with Crippen LogP contribution >= 0.6 is 31.9 Å². The molecular weight excluding hydrogens is 688 g/mol. The van der Waals surface area contributed by atoms with Crippen molar-refractivity contribution in [3.63, 3.8) is 0 Å². The highest BCUT2D eigenvalue weighted by molar-refractivity contribution is 9.11. The minimum Gasteiger partial charge on any atom is -0.493 e. The number of hydrogen-bond acceptors (Lipinski definition) is 9. The molecule has 9 nitrogen and oxygen atoms in total. The van der Waals surface area contributed by atoms with E-state index in [0.717, 1.165) is 11.1 Å². The number of halogens is 2. The minimum atomic E-state index is -0.813. The Hall–Kier alpha value is -4.22. The van der Waals surface area contributed by atoms with E-state index in [4.69, 9.17) is 33.2 Å². The zero-order valence-corrected chi connectivity index (χ0v) is 26.9. The Bertz CT molecular complexity index is 1590. The van der Waals surface area contributed by atoms with Crippen LogP contribution in [0.2, 0.25) is 0 Å². The first kappa shape index (κ1) is 31.7. The quantitative estimate of drug-likeness (QED) is 0.110. The summed E-state index contributed by atoms with van der Waals surface area (Å²) in [4.78, 5) is 26.3. The van der Waals surface area contributed by atoms with Gasteiger partial charge < -0.3 is 33.2 Å². The second kappa shape index (κ2) is 14.8. The fraction of sp³-hybridized carbons (Fsp3) is 0.188. The first-order chi connectivity index (χ1) is 20.8. The van der Waals surface area contributed by atoms with Crippen LogP contribution in [0.1, 0.15) is 31.8 Å². The molecule has 0 aliphatic heterocycles. The molecule has 11 heteroatoms. The minimum absolute atomic E-state index is 0.0586. The molecule has 0 aliphatic carbocycles. The summed E-state index contributed by atoms with van der Waals surface area (Å²) in [6.07, 6.45) is 0. The molecule has 0 N–H and O–H groups in total. The van der Waals surface area contributed by atoms with E-state index in [-0.39, 0.29) is 67.8 Å². The highest BCUT2D eigenvalue weighted by Gasteiger charge is 2.29. The standard InChI is InChI=1S/C32H28Br2O9/c1-37-23-15-21(31(35)40-4)26(34)30(27(23)38-2)43-32(36)22-16-24(41-17-19-11-7-5-8-12-19)28(39-3)29(25(22)33)42-18-20-13-9-6-10-14-20/h5-16H,17-18H2,1-4H3. The van der Waals surface area contributed by atoms with Gasteiger partial charge in [0.05, 0.1) is 48.5 Å². The Morgan fingerprint density at radius 2 is 1.07 bits per heavy atom. The van der Waals surface area contributed by atoms with Crippen molar-refractivity contribution in [2.75, 3.05) is 28.4 Å². The molecule has 0 aliphatic rings. The van der Waals surface area contributed by atoms with E-state index in [1.54, 1.807) is 0 Å². The number of ether oxygens (including phenoxy) is 7. The Labute approximate surface area is 265 Å². The normalized spacial score (nSPS) is 10.5. The second-order valence-electron chi connectivity index (χ2n) is 8.83. The summed E-state index contributed by atoms with van der Waals surface area (Å²) < 4.78 is 40.0. The van der Waals surface area contributed by atoms with Crippen LogP contribution in [0.15, 0.2) is 81.7 Å². The van der Waals surface area contributed by atoms with Crippen molar-refractivity contribution in [2.24, 2.45) is 0 Å². The lowest BCUT2D eigenvalue weighted by Gasteiger charge is -2.20. The van der Waals surface area contributed by atoms with Gasteiger partial charge in [-0.3, -0.25) is 0 Å². The number of rotatable bonds is 12. The van der Waals surface area contributed by atoms with Gasteiger partial charge in [-0.1, -0.05) is 60.7 Å². The average Bonchev–Trinajstić information content (AvgIpc) is 3.04. The van der Waals surface area contributed by atoms with Gasteiger partial charge in [0.2, 0.25) is 11.5 Å². The van der Waals surface area contributed by atoms with Crippen LogP contribution in [0.4, 0.5) is 0 Å². The summed E-state index contributed by atoms with van der Waals surface area (Å²) in [6.45, 7) is 0.382. The van der Waals surface area contributed by atoms with E-state index in [1.165, 1.54) is 40.6 Å². The van der Waals surface area contributed by atoms with Gasteiger partial charge in [-0.2, -0.15) is 0 Å².